The second kappa shape index (κ2) is 5.74. The van der Waals surface area contributed by atoms with Gasteiger partial charge < -0.3 is 9.64 Å². The van der Waals surface area contributed by atoms with Gasteiger partial charge in [-0.1, -0.05) is 37.1 Å². The molecule has 0 aliphatic carbocycles. The maximum Gasteiger partial charge on any atom is 0.256 e. The van der Waals surface area contributed by atoms with Crippen molar-refractivity contribution in [3.05, 3.63) is 35.4 Å². The number of hydrogen-bond acceptors (Lipinski definition) is 2. The summed E-state index contributed by atoms with van der Waals surface area (Å²) in [5.74, 6) is 0.161. The van der Waals surface area contributed by atoms with Crippen LogP contribution in [0.3, 0.4) is 0 Å². The molecular formula is C16H21NO2. The topological polar surface area (TPSA) is 29.5 Å². The third kappa shape index (κ3) is 2.66. The van der Waals surface area contributed by atoms with Gasteiger partial charge in [-0.25, -0.2) is 0 Å². The van der Waals surface area contributed by atoms with Crippen LogP contribution in [0.4, 0.5) is 0 Å². The molecule has 0 bridgehead atoms. The predicted molar refractivity (Wildman–Crippen MR) is 73.9 cm³/mol. The zero-order valence-corrected chi connectivity index (χ0v) is 11.3. The molecule has 1 saturated heterocycles. The average Bonchev–Trinajstić information content (AvgIpc) is 2.75. The number of likely N-dealkylation sites (tertiary alicyclic amines) is 1. The number of benzene rings is 1. The zero-order chi connectivity index (χ0) is 13.1. The first-order valence-electron chi connectivity index (χ1n) is 7.34. The van der Waals surface area contributed by atoms with E-state index in [-0.39, 0.29) is 12.0 Å². The quantitative estimate of drug-likeness (QED) is 0.776. The molecule has 1 fully saturated rings. The molecule has 0 spiro atoms. The molecule has 3 nitrogen and oxygen atoms in total. The molecule has 2 aliphatic heterocycles. The van der Waals surface area contributed by atoms with Crippen LogP contribution < -0.4 is 0 Å². The Morgan fingerprint density at radius 1 is 1.11 bits per heavy atom. The van der Waals surface area contributed by atoms with Crippen LogP contribution in [0.25, 0.3) is 0 Å². The second-order valence-electron chi connectivity index (χ2n) is 5.44. The van der Waals surface area contributed by atoms with E-state index in [4.69, 9.17) is 4.74 Å². The summed E-state index contributed by atoms with van der Waals surface area (Å²) in [6.07, 6.45) is 5.28. The number of ether oxygens (including phenoxy) is 1. The van der Waals surface area contributed by atoms with Gasteiger partial charge in [0.05, 0.1) is 6.61 Å². The van der Waals surface area contributed by atoms with Gasteiger partial charge in [0.25, 0.3) is 5.91 Å². The molecule has 0 radical (unpaired) electrons. The molecule has 1 aromatic carbocycles. The summed E-state index contributed by atoms with van der Waals surface area (Å²) in [6, 6.07) is 8.18. The Balaban J connectivity index is 1.80. The Morgan fingerprint density at radius 3 is 2.63 bits per heavy atom. The Bertz CT molecular complexity index is 450. The summed E-state index contributed by atoms with van der Waals surface area (Å²) in [4.78, 5) is 14.7. The number of rotatable bonds is 1. The van der Waals surface area contributed by atoms with Gasteiger partial charge in [-0.05, 0) is 30.4 Å². The van der Waals surface area contributed by atoms with Gasteiger partial charge in [-0.3, -0.25) is 4.79 Å². The van der Waals surface area contributed by atoms with E-state index in [0.29, 0.717) is 6.61 Å². The van der Waals surface area contributed by atoms with Crippen molar-refractivity contribution in [2.24, 2.45) is 0 Å². The van der Waals surface area contributed by atoms with Crippen LogP contribution in [0.15, 0.2) is 24.3 Å². The van der Waals surface area contributed by atoms with E-state index in [1.54, 1.807) is 0 Å². The second-order valence-corrected chi connectivity index (χ2v) is 5.44. The van der Waals surface area contributed by atoms with Crippen LogP contribution >= 0.6 is 0 Å². The molecule has 1 amide bonds. The number of carbonyl (C=O) groups is 1. The molecule has 3 rings (SSSR count). The highest BCUT2D eigenvalue weighted by Crippen LogP contribution is 2.29. The van der Waals surface area contributed by atoms with Gasteiger partial charge in [-0.2, -0.15) is 0 Å². The third-order valence-corrected chi connectivity index (χ3v) is 4.14. The van der Waals surface area contributed by atoms with Crippen LogP contribution in [-0.2, 0) is 16.0 Å². The third-order valence-electron chi connectivity index (χ3n) is 4.14. The van der Waals surface area contributed by atoms with E-state index in [1.807, 2.05) is 23.1 Å². The zero-order valence-electron chi connectivity index (χ0n) is 11.3. The maximum atomic E-state index is 12.7. The number of nitrogens with zero attached hydrogens (tertiary/aromatic N) is 1. The molecule has 1 atom stereocenters. The van der Waals surface area contributed by atoms with E-state index in [0.717, 1.165) is 37.9 Å². The summed E-state index contributed by atoms with van der Waals surface area (Å²) >= 11 is 0. The normalized spacial score (nSPS) is 23.6. The van der Waals surface area contributed by atoms with Gasteiger partial charge in [0.1, 0.15) is 0 Å². The van der Waals surface area contributed by atoms with Crippen LogP contribution in [0.2, 0.25) is 0 Å². The highest BCUT2D eigenvalue weighted by molar-refractivity contribution is 5.83. The van der Waals surface area contributed by atoms with Crippen molar-refractivity contribution in [3.63, 3.8) is 0 Å². The summed E-state index contributed by atoms with van der Waals surface area (Å²) < 4.78 is 5.77. The predicted octanol–water partition coefficient (Wildman–Crippen LogP) is 2.70. The molecule has 19 heavy (non-hydrogen) atoms. The van der Waals surface area contributed by atoms with Crippen LogP contribution in [0.1, 0.15) is 42.9 Å². The Kier molecular flexibility index (Phi) is 3.83. The van der Waals surface area contributed by atoms with Crippen LogP contribution in [0.5, 0.6) is 0 Å². The van der Waals surface area contributed by atoms with Crippen molar-refractivity contribution in [2.75, 3.05) is 19.7 Å². The van der Waals surface area contributed by atoms with Crippen molar-refractivity contribution in [1.29, 1.82) is 0 Å². The van der Waals surface area contributed by atoms with Gasteiger partial charge in [0, 0.05) is 13.1 Å². The average molecular weight is 259 g/mol. The number of carbonyl (C=O) groups excluding carboxylic acids is 1. The first-order valence-corrected chi connectivity index (χ1v) is 7.34. The van der Waals surface area contributed by atoms with Gasteiger partial charge in [-0.15, -0.1) is 0 Å². The standard InChI is InChI=1S/C16H21NO2/c18-16(17-10-5-1-2-6-11-17)15-14-8-4-3-7-13(14)9-12-19-15/h3-4,7-8,15H,1-2,5-6,9-12H2. The molecular weight excluding hydrogens is 238 g/mol. The minimum atomic E-state index is -0.372. The Morgan fingerprint density at radius 2 is 1.84 bits per heavy atom. The summed E-state index contributed by atoms with van der Waals surface area (Å²) in [6.45, 7) is 2.43. The first kappa shape index (κ1) is 12.7. The highest BCUT2D eigenvalue weighted by Gasteiger charge is 2.30. The van der Waals surface area contributed by atoms with Gasteiger partial charge in [0.15, 0.2) is 6.10 Å². The SMILES string of the molecule is O=C(C1OCCc2ccccc21)N1CCCCCC1. The first-order chi connectivity index (χ1) is 9.36. The lowest BCUT2D eigenvalue weighted by Crippen LogP contribution is -2.38. The summed E-state index contributed by atoms with van der Waals surface area (Å²) in [7, 11) is 0. The van der Waals surface area contributed by atoms with E-state index < -0.39 is 0 Å². The largest absolute Gasteiger partial charge is 0.363 e. The molecule has 0 N–H and O–H groups in total. The van der Waals surface area contributed by atoms with Crippen molar-refractivity contribution in [3.8, 4) is 0 Å². The van der Waals surface area contributed by atoms with Crippen LogP contribution in [0, 0.1) is 0 Å². The molecule has 0 aromatic heterocycles. The van der Waals surface area contributed by atoms with Crippen molar-refractivity contribution in [2.45, 2.75) is 38.2 Å². The lowest BCUT2D eigenvalue weighted by molar-refractivity contribution is -0.145. The molecule has 2 aliphatic rings. The fourth-order valence-corrected chi connectivity index (χ4v) is 3.06. The molecule has 0 saturated carbocycles. The summed E-state index contributed by atoms with van der Waals surface area (Å²) in [5.41, 5.74) is 2.34. The molecule has 102 valence electrons. The monoisotopic (exact) mass is 259 g/mol. The minimum absolute atomic E-state index is 0.161. The molecule has 1 unspecified atom stereocenters. The van der Waals surface area contributed by atoms with E-state index in [1.165, 1.54) is 18.4 Å². The van der Waals surface area contributed by atoms with E-state index in [9.17, 15) is 4.79 Å². The lowest BCUT2D eigenvalue weighted by atomic mass is 9.97. The van der Waals surface area contributed by atoms with Crippen molar-refractivity contribution in [1.82, 2.24) is 4.90 Å². The minimum Gasteiger partial charge on any atom is -0.363 e. The number of fused-ring (bicyclic) bond motifs is 1. The number of amides is 1. The van der Waals surface area contributed by atoms with Crippen molar-refractivity contribution < 1.29 is 9.53 Å². The van der Waals surface area contributed by atoms with Gasteiger partial charge in [0.2, 0.25) is 0 Å². The Hall–Kier alpha value is -1.35. The Labute approximate surface area is 114 Å². The molecule has 2 heterocycles. The fourth-order valence-electron chi connectivity index (χ4n) is 3.06. The smallest absolute Gasteiger partial charge is 0.256 e. The van der Waals surface area contributed by atoms with E-state index in [2.05, 4.69) is 6.07 Å². The summed E-state index contributed by atoms with van der Waals surface area (Å²) in [5, 5.41) is 0. The number of hydrogen-bond donors (Lipinski definition) is 0. The fraction of sp³-hybridized carbons (Fsp3) is 0.562. The highest BCUT2D eigenvalue weighted by atomic mass is 16.5. The van der Waals surface area contributed by atoms with Gasteiger partial charge >= 0.3 is 0 Å². The van der Waals surface area contributed by atoms with Crippen LogP contribution in [-0.4, -0.2) is 30.5 Å². The van der Waals surface area contributed by atoms with E-state index >= 15 is 0 Å². The van der Waals surface area contributed by atoms with Crippen molar-refractivity contribution >= 4 is 5.91 Å². The molecule has 1 aromatic rings. The molecule has 3 heteroatoms. The lowest BCUT2D eigenvalue weighted by Gasteiger charge is -2.30. The maximum absolute atomic E-state index is 12.7.